The van der Waals surface area contributed by atoms with Crippen molar-refractivity contribution in [2.45, 2.75) is 5.66 Å². The molecule has 1 aromatic heterocycles. The minimum atomic E-state index is -2.80. The van der Waals surface area contributed by atoms with Gasteiger partial charge in [-0.25, -0.2) is 0 Å². The van der Waals surface area contributed by atoms with Gasteiger partial charge in [0.2, 0.25) is 0 Å². The van der Waals surface area contributed by atoms with Crippen molar-refractivity contribution in [3.8, 4) is 0 Å². The van der Waals surface area contributed by atoms with Crippen molar-refractivity contribution < 1.29 is 13.2 Å². The molecule has 1 unspecified atom stereocenters. The Balaban J connectivity index is 2.46. The molecule has 0 radical (unpaired) electrons. The summed E-state index contributed by atoms with van der Waals surface area (Å²) in [6.45, 7) is 1.51. The Hall–Kier alpha value is -1.47. The van der Waals surface area contributed by atoms with Crippen molar-refractivity contribution in [2.24, 2.45) is 0 Å². The van der Waals surface area contributed by atoms with Gasteiger partial charge in [-0.05, 0) is 27.4 Å². The van der Waals surface area contributed by atoms with Crippen LogP contribution in [0.1, 0.15) is 5.56 Å². The van der Waals surface area contributed by atoms with Crippen LogP contribution in [0, 0.1) is 0 Å². The topological polar surface area (TPSA) is 13.1 Å². The van der Waals surface area contributed by atoms with Gasteiger partial charge in [0.15, 0.2) is 0 Å². The summed E-state index contributed by atoms with van der Waals surface area (Å²) >= 11 is 0. The fraction of sp³-hybridized carbons (Fsp3) is 0.143. The Morgan fingerprint density at radius 3 is 2.50 bits per heavy atom. The summed E-state index contributed by atoms with van der Waals surface area (Å²) in [7, 11) is -0.466. The number of rotatable bonds is 2. The van der Waals surface area contributed by atoms with Crippen LogP contribution in [0.15, 0.2) is 46.9 Å². The van der Waals surface area contributed by atoms with Gasteiger partial charge in [-0.3, -0.25) is 0 Å². The van der Waals surface area contributed by atoms with E-state index < -0.39 is 14.2 Å². The highest BCUT2D eigenvalue weighted by molar-refractivity contribution is 7.38. The zero-order chi connectivity index (χ0) is 12.8. The van der Waals surface area contributed by atoms with Gasteiger partial charge >= 0.3 is 0 Å². The summed E-state index contributed by atoms with van der Waals surface area (Å²) in [6, 6.07) is 12.1. The molecule has 0 bridgehead atoms. The quantitative estimate of drug-likeness (QED) is 0.597. The fourth-order valence-corrected chi connectivity index (χ4v) is 2.65. The first kappa shape index (κ1) is 11.6. The number of hydrogen-bond acceptors (Lipinski definition) is 1. The third-order valence-electron chi connectivity index (χ3n) is 3.05. The molecule has 0 spiro atoms. The van der Waals surface area contributed by atoms with Gasteiger partial charge in [-0.1, -0.05) is 30.3 Å². The van der Waals surface area contributed by atoms with Gasteiger partial charge in [-0.15, -0.1) is 0 Å². The molecule has 3 aromatic rings. The van der Waals surface area contributed by atoms with Crippen LogP contribution in [0.2, 0.25) is 0 Å². The number of fused-ring (bicyclic) bond motifs is 3. The van der Waals surface area contributed by atoms with Gasteiger partial charge in [-0.2, -0.15) is 8.78 Å². The standard InChI is InChI=1S/C14H11F2OP/c1-18-14(15,16)10-6-4-8-12-13(10)9-5-2-3-7-11(9)17-12/h2-8,18H,1H3. The number of para-hydroxylation sites is 1. The van der Waals surface area contributed by atoms with E-state index in [0.29, 0.717) is 16.6 Å². The highest BCUT2D eigenvalue weighted by Gasteiger charge is 2.32. The fourth-order valence-electron chi connectivity index (χ4n) is 2.17. The van der Waals surface area contributed by atoms with Crippen LogP contribution in [-0.2, 0) is 5.66 Å². The average Bonchev–Trinajstić information content (AvgIpc) is 2.76. The second-order valence-electron chi connectivity index (χ2n) is 4.10. The average molecular weight is 264 g/mol. The van der Waals surface area contributed by atoms with Gasteiger partial charge in [0.05, 0.1) is 0 Å². The van der Waals surface area contributed by atoms with E-state index in [-0.39, 0.29) is 5.56 Å². The molecule has 18 heavy (non-hydrogen) atoms. The Labute approximate surface area is 105 Å². The Bertz CT molecular complexity index is 718. The molecule has 0 aliphatic rings. The van der Waals surface area contributed by atoms with Crippen molar-refractivity contribution in [3.05, 3.63) is 48.0 Å². The van der Waals surface area contributed by atoms with Crippen molar-refractivity contribution in [3.63, 3.8) is 0 Å². The Morgan fingerprint density at radius 1 is 1.00 bits per heavy atom. The van der Waals surface area contributed by atoms with E-state index >= 15 is 0 Å². The zero-order valence-corrected chi connectivity index (χ0v) is 10.7. The first-order valence-corrected chi connectivity index (χ1v) is 7.11. The van der Waals surface area contributed by atoms with E-state index in [1.54, 1.807) is 18.2 Å². The molecule has 1 nitrogen and oxygen atoms in total. The second-order valence-corrected chi connectivity index (χ2v) is 5.23. The molecular weight excluding hydrogens is 253 g/mol. The summed E-state index contributed by atoms with van der Waals surface area (Å²) in [5.74, 6) is 0. The van der Waals surface area contributed by atoms with Crippen LogP contribution in [-0.4, -0.2) is 6.66 Å². The zero-order valence-electron chi connectivity index (χ0n) is 9.71. The molecule has 4 heteroatoms. The maximum Gasteiger partial charge on any atom is 0.287 e. The van der Waals surface area contributed by atoms with Crippen molar-refractivity contribution in [1.29, 1.82) is 0 Å². The summed E-state index contributed by atoms with van der Waals surface area (Å²) < 4.78 is 33.6. The van der Waals surface area contributed by atoms with E-state index in [1.807, 2.05) is 18.2 Å². The SMILES string of the molecule is CPC(F)(F)c1cccc2oc3ccccc3c12. The van der Waals surface area contributed by atoms with Crippen LogP contribution >= 0.6 is 8.58 Å². The lowest BCUT2D eigenvalue weighted by atomic mass is 10.1. The highest BCUT2D eigenvalue weighted by atomic mass is 31.1. The smallest absolute Gasteiger partial charge is 0.287 e. The molecular formula is C14H11F2OP. The Morgan fingerprint density at radius 2 is 1.72 bits per heavy atom. The van der Waals surface area contributed by atoms with Crippen molar-refractivity contribution >= 4 is 30.5 Å². The second kappa shape index (κ2) is 4.03. The van der Waals surface area contributed by atoms with E-state index in [4.69, 9.17) is 4.42 Å². The Kier molecular flexibility index (Phi) is 2.60. The molecule has 1 heterocycles. The summed E-state index contributed by atoms with van der Waals surface area (Å²) in [6.07, 6.45) is 0. The lowest BCUT2D eigenvalue weighted by Gasteiger charge is -2.15. The maximum absolute atomic E-state index is 14.0. The van der Waals surface area contributed by atoms with Crippen molar-refractivity contribution in [1.82, 2.24) is 0 Å². The lowest BCUT2D eigenvalue weighted by molar-refractivity contribution is 0.103. The molecule has 0 saturated heterocycles. The van der Waals surface area contributed by atoms with Crippen LogP contribution in [0.3, 0.4) is 0 Å². The molecule has 3 rings (SSSR count). The molecule has 0 amide bonds. The molecule has 1 atom stereocenters. The monoisotopic (exact) mass is 264 g/mol. The molecule has 2 aromatic carbocycles. The number of halogens is 2. The van der Waals surface area contributed by atoms with Crippen LogP contribution in [0.5, 0.6) is 0 Å². The normalized spacial score (nSPS) is 13.1. The molecule has 0 aliphatic heterocycles. The summed E-state index contributed by atoms with van der Waals surface area (Å²) in [5, 5.41) is 1.29. The third-order valence-corrected chi connectivity index (χ3v) is 3.95. The summed E-state index contributed by atoms with van der Waals surface area (Å²) in [4.78, 5) is 0. The molecule has 0 fully saturated rings. The predicted molar refractivity (Wildman–Crippen MR) is 71.9 cm³/mol. The van der Waals surface area contributed by atoms with Crippen molar-refractivity contribution in [2.75, 3.05) is 6.66 Å². The first-order valence-electron chi connectivity index (χ1n) is 5.61. The van der Waals surface area contributed by atoms with Gasteiger partial charge < -0.3 is 4.42 Å². The minimum absolute atomic E-state index is 0.0609. The molecule has 0 saturated carbocycles. The number of furan rings is 1. The van der Waals surface area contributed by atoms with Crippen LogP contribution < -0.4 is 0 Å². The largest absolute Gasteiger partial charge is 0.456 e. The number of alkyl halides is 2. The summed E-state index contributed by atoms with van der Waals surface area (Å²) in [5.41, 5.74) is -1.57. The van der Waals surface area contributed by atoms with E-state index in [2.05, 4.69) is 0 Å². The minimum Gasteiger partial charge on any atom is -0.456 e. The highest BCUT2D eigenvalue weighted by Crippen LogP contribution is 2.47. The third kappa shape index (κ3) is 1.62. The van der Waals surface area contributed by atoms with Gasteiger partial charge in [0.25, 0.3) is 5.66 Å². The molecule has 92 valence electrons. The van der Waals surface area contributed by atoms with Crippen LogP contribution in [0.4, 0.5) is 8.78 Å². The first-order chi connectivity index (χ1) is 8.63. The lowest BCUT2D eigenvalue weighted by Crippen LogP contribution is -2.05. The van der Waals surface area contributed by atoms with Gasteiger partial charge in [0.1, 0.15) is 11.2 Å². The van der Waals surface area contributed by atoms with Gasteiger partial charge in [0, 0.05) is 16.3 Å². The predicted octanol–water partition coefficient (Wildman–Crippen LogP) is 4.94. The maximum atomic E-state index is 14.0. The van der Waals surface area contributed by atoms with E-state index in [0.717, 1.165) is 5.39 Å². The molecule has 0 aliphatic carbocycles. The van der Waals surface area contributed by atoms with Crippen LogP contribution in [0.25, 0.3) is 21.9 Å². The number of hydrogen-bond donors (Lipinski definition) is 0. The molecule has 0 N–H and O–H groups in total. The number of benzene rings is 2. The van der Waals surface area contributed by atoms with E-state index in [1.165, 1.54) is 12.7 Å². The van der Waals surface area contributed by atoms with E-state index in [9.17, 15) is 8.78 Å².